The van der Waals surface area contributed by atoms with E-state index in [0.29, 0.717) is 16.9 Å². The number of fused-ring (bicyclic) bond motifs is 2. The first kappa shape index (κ1) is 23.2. The van der Waals surface area contributed by atoms with Crippen LogP contribution in [0.1, 0.15) is 32.6 Å². The monoisotopic (exact) mass is 481 g/mol. The van der Waals surface area contributed by atoms with E-state index in [-0.39, 0.29) is 40.9 Å². The summed E-state index contributed by atoms with van der Waals surface area (Å²) in [5.74, 6) is -0.842. The van der Waals surface area contributed by atoms with Gasteiger partial charge in [-0.2, -0.15) is 0 Å². The van der Waals surface area contributed by atoms with E-state index >= 15 is 0 Å². The van der Waals surface area contributed by atoms with Crippen molar-refractivity contribution in [3.63, 3.8) is 0 Å². The summed E-state index contributed by atoms with van der Waals surface area (Å²) in [5.41, 5.74) is 3.95. The molecule has 0 aliphatic carbocycles. The normalized spacial score (nSPS) is 11.2. The van der Waals surface area contributed by atoms with Crippen molar-refractivity contribution in [2.24, 2.45) is 0 Å². The molecule has 0 spiro atoms. The van der Waals surface area contributed by atoms with E-state index in [1.54, 1.807) is 24.4 Å². The van der Waals surface area contributed by atoms with Gasteiger partial charge in [0.05, 0.1) is 17.5 Å². The van der Waals surface area contributed by atoms with Gasteiger partial charge in [-0.05, 0) is 54.8 Å². The number of rotatable bonds is 5. The van der Waals surface area contributed by atoms with Crippen molar-refractivity contribution >= 4 is 22.6 Å². The van der Waals surface area contributed by atoms with Crippen molar-refractivity contribution < 1.29 is 9.18 Å². The van der Waals surface area contributed by atoms with Gasteiger partial charge in [-0.15, -0.1) is 0 Å². The molecule has 2 aromatic carbocycles. The minimum Gasteiger partial charge on any atom is -0.348 e. The first-order valence-electron chi connectivity index (χ1n) is 11.5. The Morgan fingerprint density at radius 3 is 2.42 bits per heavy atom. The average Bonchev–Trinajstić information content (AvgIpc) is 2.87. The van der Waals surface area contributed by atoms with Crippen LogP contribution >= 0.6 is 0 Å². The fourth-order valence-electron chi connectivity index (χ4n) is 4.18. The van der Waals surface area contributed by atoms with Crippen molar-refractivity contribution in [2.45, 2.75) is 26.9 Å². The third kappa shape index (κ3) is 4.29. The maximum absolute atomic E-state index is 13.5. The third-order valence-electron chi connectivity index (χ3n) is 6.21. The highest BCUT2D eigenvalue weighted by Gasteiger charge is 2.18. The number of nitrogens with zero attached hydrogens (tertiary/aromatic N) is 3. The van der Waals surface area contributed by atoms with E-state index in [9.17, 15) is 14.0 Å². The summed E-state index contributed by atoms with van der Waals surface area (Å²) >= 11 is 0. The second kappa shape index (κ2) is 9.22. The Morgan fingerprint density at radius 1 is 1.00 bits per heavy atom. The molecule has 2 N–H and O–H groups in total. The van der Waals surface area contributed by atoms with Crippen molar-refractivity contribution in [3.8, 4) is 0 Å². The van der Waals surface area contributed by atoms with Crippen molar-refractivity contribution in [1.82, 2.24) is 19.3 Å². The summed E-state index contributed by atoms with van der Waals surface area (Å²) in [4.78, 5) is 31.4. The number of halogens is 1. The van der Waals surface area contributed by atoms with Gasteiger partial charge in [0.1, 0.15) is 22.6 Å². The molecule has 3 heterocycles. The fourth-order valence-corrected chi connectivity index (χ4v) is 4.18. The number of aryl methyl sites for hydroxylation is 2. The van der Waals surface area contributed by atoms with E-state index in [1.807, 2.05) is 44.2 Å². The highest BCUT2D eigenvalue weighted by Crippen LogP contribution is 2.15. The van der Waals surface area contributed by atoms with Crippen molar-refractivity contribution in [2.75, 3.05) is 0 Å². The van der Waals surface area contributed by atoms with Crippen LogP contribution in [0.3, 0.4) is 0 Å². The minimum atomic E-state index is -0.468. The summed E-state index contributed by atoms with van der Waals surface area (Å²) in [7, 11) is 0. The molecule has 0 unspecified atom stereocenters. The van der Waals surface area contributed by atoms with Crippen LogP contribution in [0.2, 0.25) is 0 Å². The highest BCUT2D eigenvalue weighted by atomic mass is 19.1. The molecule has 0 saturated carbocycles. The molecular weight excluding hydrogens is 457 g/mol. The zero-order chi connectivity index (χ0) is 25.4. The van der Waals surface area contributed by atoms with E-state index in [0.717, 1.165) is 16.7 Å². The Bertz CT molecular complexity index is 1740. The summed E-state index contributed by atoms with van der Waals surface area (Å²) in [6, 6.07) is 18.7. The number of nitrogens with one attached hydrogen (secondary N) is 2. The first-order chi connectivity index (χ1) is 17.3. The quantitative estimate of drug-likeness (QED) is 0.374. The number of pyridine rings is 2. The Balaban J connectivity index is 1.67. The molecule has 0 fully saturated rings. The zero-order valence-electron chi connectivity index (χ0n) is 19.9. The lowest BCUT2D eigenvalue weighted by Crippen LogP contribution is -2.35. The van der Waals surface area contributed by atoms with Gasteiger partial charge in [-0.1, -0.05) is 48.0 Å². The van der Waals surface area contributed by atoms with Crippen LogP contribution in [0.4, 0.5) is 4.39 Å². The van der Waals surface area contributed by atoms with Crippen molar-refractivity contribution in [1.29, 1.82) is 5.41 Å². The number of carbonyl (C=O) groups is 1. The molecule has 0 saturated heterocycles. The van der Waals surface area contributed by atoms with E-state index < -0.39 is 5.91 Å². The average molecular weight is 482 g/mol. The smallest absolute Gasteiger partial charge is 0.267 e. The minimum absolute atomic E-state index is 0.0585. The fraction of sp³-hybridized carbons (Fsp3) is 0.143. The van der Waals surface area contributed by atoms with Crippen LogP contribution in [0, 0.1) is 25.1 Å². The van der Waals surface area contributed by atoms with E-state index in [2.05, 4.69) is 5.32 Å². The molecular formula is C28H24FN5O2. The van der Waals surface area contributed by atoms with Crippen LogP contribution in [-0.2, 0) is 13.1 Å². The van der Waals surface area contributed by atoms with Gasteiger partial charge in [-0.3, -0.25) is 19.4 Å². The molecule has 0 bridgehead atoms. The summed E-state index contributed by atoms with van der Waals surface area (Å²) in [6.45, 7) is 4.26. The predicted octanol–water partition coefficient (Wildman–Crippen LogP) is 3.86. The Kier molecular flexibility index (Phi) is 5.93. The van der Waals surface area contributed by atoms with Gasteiger partial charge in [0.2, 0.25) is 0 Å². The number of carbonyl (C=O) groups excluding carboxylic acids is 1. The van der Waals surface area contributed by atoms with Gasteiger partial charge in [-0.25, -0.2) is 9.37 Å². The maximum Gasteiger partial charge on any atom is 0.267 e. The van der Waals surface area contributed by atoms with Crippen LogP contribution in [0.5, 0.6) is 0 Å². The SMILES string of the molecule is Cc1ccc(CNC(=O)c2cc3c(=O)n4cccc(C)c4nc3n(Cc3ccc(F)cc3)c2=N)cc1. The largest absolute Gasteiger partial charge is 0.348 e. The third-order valence-corrected chi connectivity index (χ3v) is 6.21. The lowest BCUT2D eigenvalue weighted by atomic mass is 10.1. The van der Waals surface area contributed by atoms with Gasteiger partial charge in [0.25, 0.3) is 11.5 Å². The standard InChI is InChI=1S/C28H24FN5O2/c1-17-5-7-19(8-6-17)15-31-27(35)22-14-23-26(32-25-18(2)4-3-13-33(25)28(23)36)34(24(22)30)16-20-9-11-21(29)12-10-20/h3-14,30H,15-16H2,1-2H3,(H,31,35). The van der Waals surface area contributed by atoms with Crippen LogP contribution in [-0.4, -0.2) is 19.9 Å². The molecule has 180 valence electrons. The van der Waals surface area contributed by atoms with Crippen LogP contribution < -0.4 is 16.4 Å². The molecule has 0 aliphatic rings. The Labute approximate surface area is 206 Å². The predicted molar refractivity (Wildman–Crippen MR) is 135 cm³/mol. The molecule has 0 radical (unpaired) electrons. The lowest BCUT2D eigenvalue weighted by Gasteiger charge is -2.15. The van der Waals surface area contributed by atoms with Crippen LogP contribution in [0.25, 0.3) is 16.7 Å². The Hall–Kier alpha value is -4.59. The molecule has 0 atom stereocenters. The molecule has 5 aromatic rings. The van der Waals surface area contributed by atoms with Crippen LogP contribution in [0.15, 0.2) is 77.7 Å². The molecule has 3 aromatic heterocycles. The Morgan fingerprint density at radius 2 is 1.69 bits per heavy atom. The van der Waals surface area contributed by atoms with Gasteiger partial charge in [0.15, 0.2) is 0 Å². The topological polar surface area (TPSA) is 92.2 Å². The molecule has 7 nitrogen and oxygen atoms in total. The lowest BCUT2D eigenvalue weighted by molar-refractivity contribution is 0.0948. The van der Waals surface area contributed by atoms with E-state index in [1.165, 1.54) is 27.2 Å². The second-order valence-corrected chi connectivity index (χ2v) is 8.83. The molecule has 8 heteroatoms. The maximum atomic E-state index is 13.5. The second-order valence-electron chi connectivity index (χ2n) is 8.83. The highest BCUT2D eigenvalue weighted by molar-refractivity contribution is 5.96. The molecule has 1 amide bonds. The summed E-state index contributed by atoms with van der Waals surface area (Å²) in [5, 5.41) is 11.9. The molecule has 0 aliphatic heterocycles. The zero-order valence-corrected chi connectivity index (χ0v) is 19.9. The molecule has 5 rings (SSSR count). The summed E-state index contributed by atoms with van der Waals surface area (Å²) in [6.07, 6.45) is 1.63. The van der Waals surface area contributed by atoms with Gasteiger partial charge < -0.3 is 9.88 Å². The first-order valence-corrected chi connectivity index (χ1v) is 11.5. The van der Waals surface area contributed by atoms with E-state index in [4.69, 9.17) is 10.4 Å². The number of hydrogen-bond donors (Lipinski definition) is 2. The van der Waals surface area contributed by atoms with Gasteiger partial charge in [0, 0.05) is 12.7 Å². The number of aromatic nitrogens is 3. The van der Waals surface area contributed by atoms with Crippen molar-refractivity contribution in [3.05, 3.63) is 122 Å². The number of amides is 1. The summed E-state index contributed by atoms with van der Waals surface area (Å²) < 4.78 is 16.5. The number of benzene rings is 2. The molecule has 36 heavy (non-hydrogen) atoms. The number of hydrogen-bond acceptors (Lipinski definition) is 4. The van der Waals surface area contributed by atoms with Gasteiger partial charge >= 0.3 is 0 Å².